The van der Waals surface area contributed by atoms with Gasteiger partial charge in [-0.25, -0.2) is 0 Å². The second-order valence-corrected chi connectivity index (χ2v) is 6.23. The molecule has 0 atom stereocenters. The molecule has 0 unspecified atom stereocenters. The first kappa shape index (κ1) is 16.5. The zero-order valence-corrected chi connectivity index (χ0v) is 14.2. The Morgan fingerprint density at radius 2 is 1.92 bits per heavy atom. The monoisotopic (exact) mass is 346 g/mol. The fraction of sp³-hybridized carbons (Fsp3) is 0.353. The summed E-state index contributed by atoms with van der Waals surface area (Å²) in [6, 6.07) is 9.33. The fourth-order valence-electron chi connectivity index (χ4n) is 2.85. The summed E-state index contributed by atoms with van der Waals surface area (Å²) in [6.07, 6.45) is 3.21. The van der Waals surface area contributed by atoms with Crippen LogP contribution in [0.25, 0.3) is 5.69 Å². The van der Waals surface area contributed by atoms with Crippen LogP contribution in [0.1, 0.15) is 19.8 Å². The molecule has 1 amide bonds. The van der Waals surface area contributed by atoms with E-state index in [2.05, 4.69) is 10.4 Å². The Morgan fingerprint density at radius 1 is 1.25 bits per heavy atom. The van der Waals surface area contributed by atoms with Crippen molar-refractivity contribution in [3.8, 4) is 5.69 Å². The van der Waals surface area contributed by atoms with Gasteiger partial charge < -0.3 is 10.2 Å². The predicted octanol–water partition coefficient (Wildman–Crippen LogP) is 2.31. The lowest BCUT2D eigenvalue weighted by atomic mass is 10.0. The van der Waals surface area contributed by atoms with Gasteiger partial charge >= 0.3 is 0 Å². The van der Waals surface area contributed by atoms with E-state index in [0.29, 0.717) is 24.5 Å². The Bertz CT molecular complexity index is 783. The van der Waals surface area contributed by atoms with E-state index in [1.165, 1.54) is 4.68 Å². The summed E-state index contributed by atoms with van der Waals surface area (Å²) in [5.41, 5.74) is 0.856. The first-order valence-corrected chi connectivity index (χ1v) is 8.29. The molecule has 1 aliphatic rings. The van der Waals surface area contributed by atoms with Crippen molar-refractivity contribution in [3.05, 3.63) is 51.9 Å². The van der Waals surface area contributed by atoms with Crippen LogP contribution < -0.4 is 10.9 Å². The first-order chi connectivity index (χ1) is 11.6. The molecule has 0 radical (unpaired) electrons. The number of rotatable bonds is 3. The molecule has 1 aliphatic heterocycles. The standard InChI is InChI=1S/C17H19ClN4O2/c1-12(23)21-9-7-13(8-10-21)20-15-11-19-22(17(24)16(15)18)14-5-3-2-4-6-14/h2-6,11,13,20H,7-10H2,1H3. The van der Waals surface area contributed by atoms with E-state index >= 15 is 0 Å². The maximum Gasteiger partial charge on any atom is 0.292 e. The van der Waals surface area contributed by atoms with E-state index in [4.69, 9.17) is 11.6 Å². The Labute approximate surface area is 145 Å². The number of halogens is 1. The van der Waals surface area contributed by atoms with Gasteiger partial charge in [-0.3, -0.25) is 9.59 Å². The van der Waals surface area contributed by atoms with Gasteiger partial charge in [0.1, 0.15) is 5.02 Å². The number of anilines is 1. The molecule has 1 N–H and O–H groups in total. The Morgan fingerprint density at radius 3 is 2.54 bits per heavy atom. The van der Waals surface area contributed by atoms with Crippen molar-refractivity contribution >= 4 is 23.2 Å². The third kappa shape index (κ3) is 3.43. The molecule has 6 nitrogen and oxygen atoms in total. The van der Waals surface area contributed by atoms with Gasteiger partial charge in [-0.2, -0.15) is 9.78 Å². The number of piperidine rings is 1. The van der Waals surface area contributed by atoms with Crippen LogP contribution in [0.15, 0.2) is 41.3 Å². The summed E-state index contributed by atoms with van der Waals surface area (Å²) in [6.45, 7) is 3.00. The van der Waals surface area contributed by atoms with E-state index in [1.54, 1.807) is 25.3 Å². The number of benzene rings is 1. The van der Waals surface area contributed by atoms with Crippen LogP contribution in [0.5, 0.6) is 0 Å². The molecule has 1 fully saturated rings. The largest absolute Gasteiger partial charge is 0.380 e. The van der Waals surface area contributed by atoms with Crippen molar-refractivity contribution in [2.75, 3.05) is 18.4 Å². The van der Waals surface area contributed by atoms with Crippen LogP contribution in [0.3, 0.4) is 0 Å². The number of nitrogens with one attached hydrogen (secondary N) is 1. The van der Waals surface area contributed by atoms with Gasteiger partial charge in [0.05, 0.1) is 17.6 Å². The zero-order valence-electron chi connectivity index (χ0n) is 13.4. The van der Waals surface area contributed by atoms with E-state index < -0.39 is 0 Å². The molecule has 24 heavy (non-hydrogen) atoms. The van der Waals surface area contributed by atoms with Crippen LogP contribution in [-0.4, -0.2) is 39.7 Å². The molecule has 3 rings (SSSR count). The number of likely N-dealkylation sites (tertiary alicyclic amines) is 1. The van der Waals surface area contributed by atoms with Crippen molar-refractivity contribution in [3.63, 3.8) is 0 Å². The summed E-state index contributed by atoms with van der Waals surface area (Å²) in [5, 5.41) is 7.62. The number of para-hydroxylation sites is 1. The molecular weight excluding hydrogens is 328 g/mol. The molecule has 1 saturated heterocycles. The van der Waals surface area contributed by atoms with Gasteiger partial charge in [0.25, 0.3) is 5.56 Å². The van der Waals surface area contributed by atoms with Crippen molar-refractivity contribution in [1.82, 2.24) is 14.7 Å². The molecule has 2 aromatic rings. The van der Waals surface area contributed by atoms with E-state index in [9.17, 15) is 9.59 Å². The number of hydrogen-bond acceptors (Lipinski definition) is 4. The highest BCUT2D eigenvalue weighted by Gasteiger charge is 2.22. The first-order valence-electron chi connectivity index (χ1n) is 7.91. The van der Waals surface area contributed by atoms with Gasteiger partial charge in [-0.1, -0.05) is 29.8 Å². The smallest absolute Gasteiger partial charge is 0.292 e. The lowest BCUT2D eigenvalue weighted by Gasteiger charge is -2.32. The van der Waals surface area contributed by atoms with Crippen LogP contribution in [0.4, 0.5) is 5.69 Å². The zero-order chi connectivity index (χ0) is 17.1. The second-order valence-electron chi connectivity index (χ2n) is 5.85. The Hall–Kier alpha value is -2.34. The maximum absolute atomic E-state index is 12.4. The molecule has 2 heterocycles. The van der Waals surface area contributed by atoms with Gasteiger partial charge in [-0.15, -0.1) is 0 Å². The molecule has 0 aliphatic carbocycles. The van der Waals surface area contributed by atoms with Gasteiger partial charge in [0.15, 0.2) is 0 Å². The fourth-order valence-corrected chi connectivity index (χ4v) is 3.03. The van der Waals surface area contributed by atoms with Gasteiger partial charge in [0, 0.05) is 26.1 Å². The number of carbonyl (C=O) groups excluding carboxylic acids is 1. The number of amides is 1. The van der Waals surface area contributed by atoms with Crippen molar-refractivity contribution in [1.29, 1.82) is 0 Å². The Kier molecular flexibility index (Phi) is 4.85. The summed E-state index contributed by atoms with van der Waals surface area (Å²) in [4.78, 5) is 25.6. The highest BCUT2D eigenvalue weighted by atomic mass is 35.5. The van der Waals surface area contributed by atoms with Crippen LogP contribution in [0, 0.1) is 0 Å². The van der Waals surface area contributed by atoms with Gasteiger partial charge in [0.2, 0.25) is 5.91 Å². The molecule has 1 aromatic heterocycles. The number of nitrogens with zero attached hydrogens (tertiary/aromatic N) is 3. The minimum absolute atomic E-state index is 0.0959. The maximum atomic E-state index is 12.4. The topological polar surface area (TPSA) is 67.2 Å². The highest BCUT2D eigenvalue weighted by Crippen LogP contribution is 2.21. The van der Waals surface area contributed by atoms with Crippen LogP contribution >= 0.6 is 11.6 Å². The third-order valence-electron chi connectivity index (χ3n) is 4.22. The second kappa shape index (κ2) is 7.05. The lowest BCUT2D eigenvalue weighted by molar-refractivity contribution is -0.129. The molecule has 0 saturated carbocycles. The number of aromatic nitrogens is 2. The quantitative estimate of drug-likeness (QED) is 0.926. The van der Waals surface area contributed by atoms with E-state index in [1.807, 2.05) is 23.1 Å². The molecule has 0 spiro atoms. The molecule has 0 bridgehead atoms. The Balaban J connectivity index is 1.75. The summed E-state index contributed by atoms with van der Waals surface area (Å²) in [7, 11) is 0. The SMILES string of the molecule is CC(=O)N1CCC(Nc2cnn(-c3ccccc3)c(=O)c2Cl)CC1. The minimum Gasteiger partial charge on any atom is -0.380 e. The summed E-state index contributed by atoms with van der Waals surface area (Å²) in [5.74, 6) is 0.0959. The molecular formula is C17H19ClN4O2. The average Bonchev–Trinajstić information content (AvgIpc) is 2.60. The predicted molar refractivity (Wildman–Crippen MR) is 93.7 cm³/mol. The third-order valence-corrected chi connectivity index (χ3v) is 4.58. The molecule has 1 aromatic carbocycles. The van der Waals surface area contributed by atoms with E-state index in [0.717, 1.165) is 12.8 Å². The summed E-state index contributed by atoms with van der Waals surface area (Å²) >= 11 is 6.25. The highest BCUT2D eigenvalue weighted by molar-refractivity contribution is 6.32. The van der Waals surface area contributed by atoms with E-state index in [-0.39, 0.29) is 22.5 Å². The normalized spacial score (nSPS) is 15.3. The molecule has 126 valence electrons. The number of hydrogen-bond donors (Lipinski definition) is 1. The minimum atomic E-state index is -0.353. The van der Waals surface area contributed by atoms with Crippen molar-refractivity contribution in [2.45, 2.75) is 25.8 Å². The average molecular weight is 347 g/mol. The number of carbonyl (C=O) groups is 1. The lowest BCUT2D eigenvalue weighted by Crippen LogP contribution is -2.41. The van der Waals surface area contributed by atoms with Crippen LogP contribution in [0.2, 0.25) is 5.02 Å². The van der Waals surface area contributed by atoms with Gasteiger partial charge in [-0.05, 0) is 25.0 Å². The summed E-state index contributed by atoms with van der Waals surface area (Å²) < 4.78 is 1.28. The molecule has 7 heteroatoms. The van der Waals surface area contributed by atoms with Crippen molar-refractivity contribution in [2.24, 2.45) is 0 Å². The van der Waals surface area contributed by atoms with Crippen LogP contribution in [-0.2, 0) is 4.79 Å². The van der Waals surface area contributed by atoms with Crippen molar-refractivity contribution < 1.29 is 4.79 Å².